The lowest BCUT2D eigenvalue weighted by Gasteiger charge is -2.35. The van der Waals surface area contributed by atoms with Crippen molar-refractivity contribution >= 4 is 23.5 Å². The Balaban J connectivity index is 1.95. The standard InChI is InChI=1S/C25H24ClFN2O5/c1-14-15(2)29(32)22(28(14)13-16-8-6-5-7-9-16)20(17-10-11-19(27)18(26)12-17)21-23(30)33-25(3,4)34-24(21)31/h5-12,20-21H,13H2,1-4H3/t20-/m0/s1. The zero-order chi connectivity index (χ0) is 24.8. The summed E-state index contributed by atoms with van der Waals surface area (Å²) in [5.41, 5.74) is 2.28. The van der Waals surface area contributed by atoms with Crippen molar-refractivity contribution in [2.24, 2.45) is 5.92 Å². The van der Waals surface area contributed by atoms with Gasteiger partial charge in [-0.1, -0.05) is 48.0 Å². The monoisotopic (exact) mass is 486 g/mol. The van der Waals surface area contributed by atoms with E-state index in [9.17, 15) is 19.2 Å². The van der Waals surface area contributed by atoms with Crippen molar-refractivity contribution in [1.82, 2.24) is 4.57 Å². The number of aromatic nitrogens is 2. The van der Waals surface area contributed by atoms with Gasteiger partial charge in [0.25, 0.3) is 11.6 Å². The highest BCUT2D eigenvalue weighted by atomic mass is 35.5. The van der Waals surface area contributed by atoms with Gasteiger partial charge >= 0.3 is 11.9 Å². The van der Waals surface area contributed by atoms with Crippen molar-refractivity contribution in [2.75, 3.05) is 0 Å². The lowest BCUT2D eigenvalue weighted by Crippen LogP contribution is -2.50. The minimum atomic E-state index is -1.49. The molecule has 0 amide bonds. The predicted molar refractivity (Wildman–Crippen MR) is 121 cm³/mol. The summed E-state index contributed by atoms with van der Waals surface area (Å²) in [6.07, 6.45) is 0. The van der Waals surface area contributed by atoms with E-state index in [1.165, 1.54) is 26.0 Å². The fraction of sp³-hybridized carbons (Fsp3) is 0.320. The summed E-state index contributed by atoms with van der Waals surface area (Å²) in [7, 11) is 0. The summed E-state index contributed by atoms with van der Waals surface area (Å²) in [4.78, 5) is 26.2. The first-order chi connectivity index (χ1) is 16.0. The summed E-state index contributed by atoms with van der Waals surface area (Å²) < 4.78 is 27.2. The number of hydrogen-bond acceptors (Lipinski definition) is 5. The maximum Gasteiger partial charge on any atom is 0.324 e. The maximum atomic E-state index is 14.0. The van der Waals surface area contributed by atoms with Gasteiger partial charge in [0.2, 0.25) is 0 Å². The third-order valence-corrected chi connectivity index (χ3v) is 6.31. The molecule has 3 aromatic rings. The van der Waals surface area contributed by atoms with Crippen LogP contribution in [-0.2, 0) is 25.6 Å². The van der Waals surface area contributed by atoms with Crippen LogP contribution >= 0.6 is 11.6 Å². The second kappa shape index (κ2) is 8.76. The van der Waals surface area contributed by atoms with Gasteiger partial charge in [-0.3, -0.25) is 9.59 Å². The highest BCUT2D eigenvalue weighted by Crippen LogP contribution is 2.39. The van der Waals surface area contributed by atoms with Gasteiger partial charge in [0, 0.05) is 27.7 Å². The molecule has 0 unspecified atom stereocenters. The fourth-order valence-electron chi connectivity index (χ4n) is 4.25. The Morgan fingerprint density at radius 1 is 1.12 bits per heavy atom. The fourth-order valence-corrected chi connectivity index (χ4v) is 4.44. The van der Waals surface area contributed by atoms with Gasteiger partial charge in [-0.25, -0.2) is 13.7 Å². The molecule has 0 bridgehead atoms. The number of benzene rings is 2. The van der Waals surface area contributed by atoms with Crippen molar-refractivity contribution in [3.8, 4) is 0 Å². The zero-order valence-electron chi connectivity index (χ0n) is 19.2. The van der Waals surface area contributed by atoms with Crippen LogP contribution in [0.1, 0.15) is 48.1 Å². The molecule has 1 aliphatic rings. The lowest BCUT2D eigenvalue weighted by atomic mass is 9.84. The van der Waals surface area contributed by atoms with Crippen molar-refractivity contribution in [1.29, 1.82) is 0 Å². The molecule has 178 valence electrons. The Labute approximate surface area is 201 Å². The van der Waals surface area contributed by atoms with E-state index < -0.39 is 35.4 Å². The molecule has 7 nitrogen and oxygen atoms in total. The molecular formula is C25H24ClFN2O5. The first-order valence-corrected chi connectivity index (χ1v) is 11.1. The number of hydrogen-bond donors (Lipinski definition) is 0. The second-order valence-corrected chi connectivity index (χ2v) is 9.17. The number of nitrogens with zero attached hydrogens (tertiary/aromatic N) is 2. The van der Waals surface area contributed by atoms with Crippen LogP contribution in [0.5, 0.6) is 0 Å². The molecule has 1 atom stereocenters. The van der Waals surface area contributed by atoms with Crippen LogP contribution in [0, 0.1) is 30.8 Å². The van der Waals surface area contributed by atoms with Crippen molar-refractivity contribution in [3.63, 3.8) is 0 Å². The Kier molecular flexibility index (Phi) is 6.12. The van der Waals surface area contributed by atoms with Gasteiger partial charge in [-0.15, -0.1) is 0 Å². The molecule has 0 aliphatic carbocycles. The normalized spacial score (nSPS) is 16.8. The minimum Gasteiger partial charge on any atom is -0.711 e. The van der Waals surface area contributed by atoms with Crippen molar-refractivity contribution in [2.45, 2.75) is 45.9 Å². The third kappa shape index (κ3) is 4.25. The van der Waals surface area contributed by atoms with Crippen molar-refractivity contribution < 1.29 is 28.2 Å². The first kappa shape index (κ1) is 23.8. The van der Waals surface area contributed by atoms with Crippen LogP contribution in [-0.4, -0.2) is 22.3 Å². The predicted octanol–water partition coefficient (Wildman–Crippen LogP) is 4.16. The molecule has 9 heteroatoms. The largest absolute Gasteiger partial charge is 0.711 e. The topological polar surface area (TPSA) is 84.5 Å². The molecule has 0 spiro atoms. The molecule has 34 heavy (non-hydrogen) atoms. The van der Waals surface area contributed by atoms with E-state index in [2.05, 4.69) is 0 Å². The molecule has 2 aromatic carbocycles. The van der Waals surface area contributed by atoms with E-state index in [-0.39, 0.29) is 10.8 Å². The molecule has 1 fully saturated rings. The van der Waals surface area contributed by atoms with E-state index in [4.69, 9.17) is 21.1 Å². The smallest absolute Gasteiger partial charge is 0.324 e. The molecule has 4 rings (SSSR count). The molecule has 2 heterocycles. The number of imidazole rings is 1. The molecule has 0 radical (unpaired) electrons. The summed E-state index contributed by atoms with van der Waals surface area (Å²) in [6, 6.07) is 13.3. The van der Waals surface area contributed by atoms with E-state index in [1.54, 1.807) is 18.4 Å². The van der Waals surface area contributed by atoms with Crippen molar-refractivity contribution in [3.05, 3.63) is 92.9 Å². The van der Waals surface area contributed by atoms with Crippen LogP contribution < -0.4 is 4.73 Å². The summed E-state index contributed by atoms with van der Waals surface area (Å²) in [5.74, 6) is -6.29. The SMILES string of the molecule is Cc1c(C)[n+]([O-])c([C@@H](c2ccc(F)c(Cl)c2)C2C(=O)OC(C)(C)OC2=O)n1Cc1ccccc1. The average Bonchev–Trinajstić information content (AvgIpc) is 2.96. The van der Waals surface area contributed by atoms with E-state index in [1.807, 2.05) is 30.3 Å². The number of carbonyl (C=O) groups is 2. The summed E-state index contributed by atoms with van der Waals surface area (Å²) >= 11 is 6.05. The number of cyclic esters (lactones) is 2. The second-order valence-electron chi connectivity index (χ2n) is 8.77. The Morgan fingerprint density at radius 3 is 2.32 bits per heavy atom. The summed E-state index contributed by atoms with van der Waals surface area (Å²) in [5, 5.41) is 13.2. The molecular weight excluding hydrogens is 463 g/mol. The Hall–Kier alpha value is -3.39. The maximum absolute atomic E-state index is 14.0. The molecule has 0 saturated carbocycles. The lowest BCUT2D eigenvalue weighted by molar-refractivity contribution is -0.621. The molecule has 1 aliphatic heterocycles. The van der Waals surface area contributed by atoms with Crippen LogP contribution in [0.25, 0.3) is 0 Å². The van der Waals surface area contributed by atoms with Crippen LogP contribution in [0.2, 0.25) is 5.02 Å². The van der Waals surface area contributed by atoms with Gasteiger partial charge in [-0.05, 0) is 23.3 Å². The van der Waals surface area contributed by atoms with Gasteiger partial charge in [0.15, 0.2) is 5.92 Å². The molecule has 0 N–H and O–H groups in total. The number of ether oxygens (including phenoxy) is 2. The van der Waals surface area contributed by atoms with E-state index >= 15 is 0 Å². The number of rotatable bonds is 5. The van der Waals surface area contributed by atoms with Gasteiger partial charge in [0.05, 0.1) is 5.02 Å². The van der Waals surface area contributed by atoms with E-state index in [0.29, 0.717) is 28.2 Å². The van der Waals surface area contributed by atoms with E-state index in [0.717, 1.165) is 11.6 Å². The first-order valence-electron chi connectivity index (χ1n) is 10.7. The number of carbonyl (C=O) groups excluding carboxylic acids is 2. The molecule has 1 saturated heterocycles. The highest BCUT2D eigenvalue weighted by Gasteiger charge is 2.52. The van der Waals surface area contributed by atoms with Crippen LogP contribution in [0.3, 0.4) is 0 Å². The molecule has 1 aromatic heterocycles. The Bertz CT molecular complexity index is 1250. The van der Waals surface area contributed by atoms with Crippen LogP contribution in [0.15, 0.2) is 48.5 Å². The van der Waals surface area contributed by atoms with Gasteiger partial charge in [0.1, 0.15) is 29.7 Å². The number of esters is 2. The van der Waals surface area contributed by atoms with Crippen LogP contribution in [0.4, 0.5) is 4.39 Å². The third-order valence-electron chi connectivity index (χ3n) is 6.02. The summed E-state index contributed by atoms with van der Waals surface area (Å²) in [6.45, 7) is 6.64. The average molecular weight is 487 g/mol. The highest BCUT2D eigenvalue weighted by molar-refractivity contribution is 6.30. The van der Waals surface area contributed by atoms with Gasteiger partial charge < -0.3 is 14.7 Å². The zero-order valence-corrected chi connectivity index (χ0v) is 19.9. The number of halogens is 2. The quantitative estimate of drug-likeness (QED) is 0.234. The minimum absolute atomic E-state index is 0.125. The Morgan fingerprint density at radius 2 is 1.74 bits per heavy atom. The van der Waals surface area contributed by atoms with Gasteiger partial charge in [-0.2, -0.15) is 0 Å².